The third kappa shape index (κ3) is 20.9. The van der Waals surface area contributed by atoms with E-state index in [1.54, 1.807) is 218 Å². The molecule has 32 heteroatoms. The molecule has 2 saturated heterocycles. The van der Waals surface area contributed by atoms with Gasteiger partial charge in [-0.15, -0.1) is 0 Å². The number of Topliss-reactive ketones (excluding diaryl/α,β-unsaturated/α-hetero) is 2. The summed E-state index contributed by atoms with van der Waals surface area (Å²) in [6, 6.07) is 34.4. The van der Waals surface area contributed by atoms with Gasteiger partial charge in [-0.2, -0.15) is 0 Å². The Kier molecular flexibility index (Phi) is 33.1. The van der Waals surface area contributed by atoms with Crippen LogP contribution in [-0.4, -0.2) is 211 Å². The van der Waals surface area contributed by atoms with Gasteiger partial charge in [0.05, 0.1) is 48.3 Å². The number of hydrogen-bond donors (Lipinski definition) is 4. The zero-order chi connectivity index (χ0) is 104. The Labute approximate surface area is 838 Å². The monoisotopic (exact) mass is 2020 g/mol. The average molecular weight is 2020 g/mol. The van der Waals surface area contributed by atoms with E-state index in [2.05, 4.69) is 10.6 Å². The van der Waals surface area contributed by atoms with Gasteiger partial charge in [-0.1, -0.05) is 222 Å². The molecule has 21 atom stereocenters. The molecule has 4 bridgehead atoms. The van der Waals surface area contributed by atoms with Gasteiger partial charge in [-0.25, -0.2) is 28.8 Å². The van der Waals surface area contributed by atoms with Crippen LogP contribution in [0, 0.1) is 33.5 Å². The Morgan fingerprint density at radius 1 is 0.468 bits per heavy atom. The third-order valence-corrected chi connectivity index (χ3v) is 56.0. The van der Waals surface area contributed by atoms with Crippen LogP contribution in [0.25, 0.3) is 0 Å². The van der Waals surface area contributed by atoms with E-state index in [9.17, 15) is 9.59 Å². The number of benzene rings is 4. The Hall–Kier alpha value is -8.39. The number of carbonyl (C=O) groups excluding carboxylic acids is 10. The maximum absolute atomic E-state index is 17.6. The van der Waals surface area contributed by atoms with Gasteiger partial charge in [-0.3, -0.25) is 19.2 Å². The SMILES string of the molecule is CC[Si](CC)(CC)O[C@H]1C(=O)[C@]2(C)CC[C@H]3OC[C@@]3(OC(C)=O)C2[C@H](OC(=O)c2ccccc2)[C@]2(O)C[C@H](OC(=O)[C@H](O[Si](C)(C[Si](O[C@@H](C(=O)O[C@H]3C[C@@]4(O)[C@@H](OC(=O)c5ccccc5)C5[C@@](C)(CC[C@H]6OC[C@@]56OC(C)=O)C(=O)[C@H](O[Si](CC)(CC)CC)C(=C3C)C4(C)C)[C@@H](NC(=O)OC(C)(C)C)c3ccccc3)(C(C)C)C(C)C)C(C)C)[C@@H](NC(=O)OC(C)(C)C)c3ccccc3)C(C)=C1C2(C)C. The number of amides is 2. The molecule has 2 amide bonds. The van der Waals surface area contributed by atoms with Crippen molar-refractivity contribution >= 4 is 92.8 Å². The first kappa shape index (κ1) is 111. The summed E-state index contributed by atoms with van der Waals surface area (Å²) in [5, 5.41) is 36.5. The predicted molar refractivity (Wildman–Crippen MR) is 542 cm³/mol. The van der Waals surface area contributed by atoms with Crippen LogP contribution in [0.5, 0.6) is 0 Å². The van der Waals surface area contributed by atoms with E-state index in [1.165, 1.54) is 13.8 Å². The topological polar surface area (TPSA) is 364 Å². The van der Waals surface area contributed by atoms with Crippen LogP contribution in [-0.2, 0) is 93.8 Å². The molecule has 0 aromatic heterocycles. The predicted octanol–water partition coefficient (Wildman–Crippen LogP) is 20.0. The number of ether oxygens (including phenoxy) is 10. The quantitative estimate of drug-likeness (QED) is 0.0144. The van der Waals surface area contributed by atoms with Crippen molar-refractivity contribution in [1.29, 1.82) is 0 Å². The zero-order valence-corrected chi connectivity index (χ0v) is 92.7. The number of carbonyl (C=O) groups is 10. The van der Waals surface area contributed by atoms with Crippen molar-refractivity contribution in [2.75, 3.05) is 13.2 Å². The van der Waals surface area contributed by atoms with Crippen molar-refractivity contribution in [1.82, 2.24) is 10.6 Å². The molecule has 8 aliphatic rings. The minimum atomic E-state index is -4.14. The van der Waals surface area contributed by atoms with Gasteiger partial charge >= 0.3 is 48.0 Å². The summed E-state index contributed by atoms with van der Waals surface area (Å²) in [6.07, 6.45) is -17.0. The minimum absolute atomic E-state index is 0.0221. The van der Waals surface area contributed by atoms with E-state index in [1.807, 2.05) is 89.6 Å². The molecule has 6 fully saturated rings. The van der Waals surface area contributed by atoms with E-state index in [-0.39, 0.29) is 55.7 Å². The number of hydrogen-bond acceptors (Lipinski definition) is 26. The van der Waals surface area contributed by atoms with Crippen LogP contribution >= 0.6 is 0 Å². The number of ketones is 2. The molecule has 0 spiro atoms. The number of esters is 6. The van der Waals surface area contributed by atoms with Gasteiger partial charge in [0, 0.05) is 48.3 Å². The lowest BCUT2D eigenvalue weighted by molar-refractivity contribution is -0.332. The third-order valence-electron chi connectivity index (χ3n) is 33.9. The molecule has 6 aliphatic carbocycles. The van der Waals surface area contributed by atoms with E-state index < -0.39 is 263 Å². The highest BCUT2D eigenvalue weighted by Crippen LogP contribution is 2.68. The first-order valence-electron chi connectivity index (χ1n) is 51.1. The Morgan fingerprint density at radius 3 is 1.07 bits per heavy atom. The second-order valence-corrected chi connectivity index (χ2v) is 65.1. The normalized spacial score (nSPS) is 29.9. The van der Waals surface area contributed by atoms with Crippen LogP contribution in [0.2, 0.25) is 65.1 Å². The van der Waals surface area contributed by atoms with Crippen molar-refractivity contribution in [3.8, 4) is 0 Å². The molecular weight excluding hydrogens is 1870 g/mol. The van der Waals surface area contributed by atoms with Gasteiger partial charge in [0.2, 0.25) is 0 Å². The number of rotatable bonds is 35. The maximum Gasteiger partial charge on any atom is 0.408 e. The van der Waals surface area contributed by atoms with Crippen LogP contribution < -0.4 is 10.6 Å². The molecule has 4 saturated carbocycles. The fraction of sp³-hybridized carbons (Fsp3) is 0.651. The molecule has 4 aromatic rings. The first-order valence-corrected chi connectivity index (χ1v) is 61.1. The molecule has 3 unspecified atom stereocenters. The van der Waals surface area contributed by atoms with Crippen molar-refractivity contribution in [2.45, 2.75) is 404 Å². The zero-order valence-electron chi connectivity index (χ0n) is 88.7. The van der Waals surface area contributed by atoms with Crippen molar-refractivity contribution in [3.63, 3.8) is 0 Å². The summed E-state index contributed by atoms with van der Waals surface area (Å²) >= 11 is 0. The lowest BCUT2D eigenvalue weighted by Gasteiger charge is -2.67. The second kappa shape index (κ2) is 41.9. The van der Waals surface area contributed by atoms with E-state index in [0.29, 0.717) is 69.7 Å². The molecule has 4 aromatic carbocycles. The largest absolute Gasteiger partial charge is 0.456 e. The van der Waals surface area contributed by atoms with Gasteiger partial charge in [-0.05, 0) is 204 Å². The molecular formula is C109H158N2O26Si4. The molecule has 4 N–H and O–H groups in total. The van der Waals surface area contributed by atoms with Crippen LogP contribution in [0.15, 0.2) is 144 Å². The lowest BCUT2D eigenvalue weighted by atomic mass is 9.45. The second-order valence-electron chi connectivity index (χ2n) is 45.8. The molecule has 0 radical (unpaired) electrons. The minimum Gasteiger partial charge on any atom is -0.456 e. The van der Waals surface area contributed by atoms with E-state index in [4.69, 9.17) is 65.1 Å². The van der Waals surface area contributed by atoms with Gasteiger partial charge in [0.25, 0.3) is 0 Å². The smallest absolute Gasteiger partial charge is 0.408 e. The van der Waals surface area contributed by atoms with Crippen molar-refractivity contribution < 1.29 is 123 Å². The molecule has 141 heavy (non-hydrogen) atoms. The standard InChI is InChI=1S/C109H158N2O26Si4/c1-30-139(31-2,32-3)135-84-80-68(13)76(60-108(122,102(80,23)24)92(128-94(116)74-52-44-38-45-53-74)88-104(27,90(84)114)58-56-78-106(88,62-124-78)130-70(15)112)126-96(118)86(82(72-48-40-36-41-49-72)110-98(120)132-100(17,18)19)134-138(29,65(7)8)64-141(66(9)10,67(11)12)137-87(83(73-50-42-37-43-51-73)111-99(121)133-101(20,21)22)97(119)127-77-61-109(123)93(129-95(117)75-54-46-39-47-55-75)89-105(28,59-57-79-107(89,63-125-79)131-71(16)113)91(115)85(81(69(77)14)103(109,25)26)136-140(33-4,34-5)35-6/h36-55,65-67,76-79,82-89,92-93,122-123H,30-35,56-64H2,1-29H3,(H,110,120)(H,111,121)/t76-,77-,78+,79+,82-,83-,84+,85+,86+,87+,88?,89?,92-,93-,104+,105+,106-,107-,108+,109+,138?/m0/s1. The van der Waals surface area contributed by atoms with Crippen LogP contribution in [0.3, 0.4) is 0 Å². The highest BCUT2D eigenvalue weighted by molar-refractivity contribution is 6.93. The van der Waals surface area contributed by atoms with Crippen LogP contribution in [0.4, 0.5) is 9.59 Å². The summed E-state index contributed by atoms with van der Waals surface area (Å²) in [4.78, 5) is 159. The molecule has 2 aliphatic heterocycles. The highest BCUT2D eigenvalue weighted by Gasteiger charge is 2.79. The Balaban J connectivity index is 1.06. The number of alkyl carbamates (subject to hydrolysis) is 2. The van der Waals surface area contributed by atoms with E-state index in [0.717, 1.165) is 0 Å². The van der Waals surface area contributed by atoms with Gasteiger partial charge < -0.3 is 85.9 Å². The summed E-state index contributed by atoms with van der Waals surface area (Å²) in [6.45, 7) is 52.6. The van der Waals surface area contributed by atoms with Crippen molar-refractivity contribution in [2.24, 2.45) is 33.5 Å². The maximum atomic E-state index is 17.6. The fourth-order valence-corrected chi connectivity index (χ4v) is 43.9. The fourth-order valence-electron chi connectivity index (χ4n) is 24.9. The molecule has 2 heterocycles. The Morgan fingerprint density at radius 2 is 0.787 bits per heavy atom. The summed E-state index contributed by atoms with van der Waals surface area (Å²) in [7, 11) is -14.2. The lowest BCUT2D eigenvalue weighted by Crippen LogP contribution is -2.79. The number of nitrogens with one attached hydrogen (secondary N) is 2. The molecule has 12 rings (SSSR count). The first-order chi connectivity index (χ1) is 65.8. The highest BCUT2D eigenvalue weighted by atomic mass is 28.4. The van der Waals surface area contributed by atoms with Gasteiger partial charge in [0.1, 0.15) is 71.2 Å². The summed E-state index contributed by atoms with van der Waals surface area (Å²) in [5.74, 6) is -8.72. The number of fused-ring (bicyclic) bond motifs is 10. The Bertz CT molecular complexity index is 5280. The summed E-state index contributed by atoms with van der Waals surface area (Å²) < 4.78 is 98.4. The summed E-state index contributed by atoms with van der Waals surface area (Å²) in [5.41, 5.74) is -16.1. The molecule has 776 valence electrons. The molecule has 28 nitrogen and oxygen atoms in total. The van der Waals surface area contributed by atoms with E-state index >= 15 is 48.6 Å². The number of aliphatic hydroxyl groups is 2. The average Bonchev–Trinajstić information content (AvgIpc) is 0.673. The van der Waals surface area contributed by atoms with Crippen molar-refractivity contribution in [3.05, 3.63) is 166 Å². The van der Waals surface area contributed by atoms with Gasteiger partial charge in [0.15, 0.2) is 68.2 Å². The van der Waals surface area contributed by atoms with Crippen LogP contribution in [0.1, 0.15) is 276 Å².